The molecule has 3 heterocycles. The number of pyridine rings is 1. The molecule has 0 saturated carbocycles. The van der Waals surface area contributed by atoms with Crippen LogP contribution in [0.15, 0.2) is 24.5 Å². The third-order valence-corrected chi connectivity index (χ3v) is 5.42. The van der Waals surface area contributed by atoms with Crippen molar-refractivity contribution in [2.45, 2.75) is 70.1 Å². The molecule has 0 saturated heterocycles. The van der Waals surface area contributed by atoms with Gasteiger partial charge in [-0.05, 0) is 56.2 Å². The van der Waals surface area contributed by atoms with Crippen LogP contribution in [0.1, 0.15) is 67.1 Å². The molecule has 0 unspecified atom stereocenters. The summed E-state index contributed by atoms with van der Waals surface area (Å²) in [5.74, 6) is -3.43. The zero-order valence-electron chi connectivity index (χ0n) is 17.2. The van der Waals surface area contributed by atoms with Gasteiger partial charge in [-0.15, -0.1) is 0 Å². The number of fused-ring (bicyclic) bond motifs is 1. The normalized spacial score (nSPS) is 14.6. The number of anilines is 1. The van der Waals surface area contributed by atoms with Crippen LogP contribution in [-0.2, 0) is 17.6 Å². The van der Waals surface area contributed by atoms with E-state index in [1.54, 1.807) is 6.92 Å². The van der Waals surface area contributed by atoms with Gasteiger partial charge in [-0.1, -0.05) is 6.07 Å². The van der Waals surface area contributed by atoms with Gasteiger partial charge in [0.25, 0.3) is 0 Å². The predicted molar refractivity (Wildman–Crippen MR) is 110 cm³/mol. The van der Waals surface area contributed by atoms with Crippen molar-refractivity contribution in [2.75, 3.05) is 11.9 Å². The van der Waals surface area contributed by atoms with Crippen LogP contribution in [0.25, 0.3) is 0 Å². The highest BCUT2D eigenvalue weighted by Crippen LogP contribution is 2.35. The maximum atomic E-state index is 14.6. The first kappa shape index (κ1) is 22.1. The summed E-state index contributed by atoms with van der Waals surface area (Å²) in [5, 5.41) is 12.4. The van der Waals surface area contributed by atoms with Crippen LogP contribution in [-0.4, -0.2) is 38.5 Å². The summed E-state index contributed by atoms with van der Waals surface area (Å²) in [6, 6.07) is 4.04. The largest absolute Gasteiger partial charge is 0.481 e. The summed E-state index contributed by atoms with van der Waals surface area (Å²) in [7, 11) is 0. The first-order valence-electron chi connectivity index (χ1n) is 10.4. The monoisotopic (exact) mass is 418 g/mol. The number of nitrogens with zero attached hydrogens (tertiary/aromatic N) is 3. The van der Waals surface area contributed by atoms with Gasteiger partial charge in [0.1, 0.15) is 11.6 Å². The van der Waals surface area contributed by atoms with E-state index in [1.165, 1.54) is 18.0 Å². The Hall–Kier alpha value is -2.64. The lowest BCUT2D eigenvalue weighted by Gasteiger charge is -2.22. The molecule has 0 aliphatic carbocycles. The number of aromatic nitrogens is 3. The minimum absolute atomic E-state index is 0.279. The predicted octanol–water partition coefficient (Wildman–Crippen LogP) is 4.53. The number of nitrogens with one attached hydrogen (secondary N) is 1. The molecule has 2 aromatic heterocycles. The molecule has 8 heteroatoms. The minimum Gasteiger partial charge on any atom is -0.481 e. The quantitative estimate of drug-likeness (QED) is 0.551. The highest BCUT2D eigenvalue weighted by Gasteiger charge is 2.34. The fourth-order valence-electron chi connectivity index (χ4n) is 3.79. The van der Waals surface area contributed by atoms with E-state index in [4.69, 9.17) is 5.11 Å². The summed E-state index contributed by atoms with van der Waals surface area (Å²) < 4.78 is 29.2. The second-order valence-corrected chi connectivity index (χ2v) is 7.97. The van der Waals surface area contributed by atoms with Crippen LogP contribution in [0, 0.1) is 6.92 Å². The number of rotatable bonds is 10. The van der Waals surface area contributed by atoms with Gasteiger partial charge in [0.05, 0.1) is 6.42 Å². The molecule has 0 amide bonds. The molecular weight excluding hydrogens is 390 g/mol. The number of carboxylic acid groups (broad SMARTS) is 1. The number of alkyl halides is 2. The van der Waals surface area contributed by atoms with E-state index >= 15 is 0 Å². The smallest absolute Gasteiger partial charge is 0.303 e. The second-order valence-electron chi connectivity index (χ2n) is 7.97. The Balaban J connectivity index is 1.51. The van der Waals surface area contributed by atoms with Crippen molar-refractivity contribution in [2.24, 2.45) is 0 Å². The van der Waals surface area contributed by atoms with Crippen LogP contribution < -0.4 is 5.32 Å². The van der Waals surface area contributed by atoms with E-state index in [1.807, 2.05) is 6.07 Å². The highest BCUT2D eigenvalue weighted by atomic mass is 19.3. The van der Waals surface area contributed by atoms with E-state index in [0.29, 0.717) is 30.7 Å². The van der Waals surface area contributed by atoms with Crippen LogP contribution in [0.3, 0.4) is 0 Å². The van der Waals surface area contributed by atoms with Crippen LogP contribution in [0.4, 0.5) is 14.6 Å². The summed E-state index contributed by atoms with van der Waals surface area (Å²) in [6.07, 6.45) is 5.45. The van der Waals surface area contributed by atoms with E-state index in [-0.39, 0.29) is 12.8 Å². The Morgan fingerprint density at radius 2 is 2.03 bits per heavy atom. The van der Waals surface area contributed by atoms with Crippen molar-refractivity contribution >= 4 is 11.8 Å². The van der Waals surface area contributed by atoms with E-state index < -0.39 is 24.2 Å². The van der Waals surface area contributed by atoms with Crippen molar-refractivity contribution in [3.63, 3.8) is 0 Å². The van der Waals surface area contributed by atoms with E-state index in [9.17, 15) is 13.6 Å². The fourth-order valence-corrected chi connectivity index (χ4v) is 3.79. The number of carbonyl (C=O) groups is 1. The van der Waals surface area contributed by atoms with Gasteiger partial charge in [0.2, 0.25) is 5.92 Å². The van der Waals surface area contributed by atoms with Gasteiger partial charge >= 0.3 is 5.97 Å². The third kappa shape index (κ3) is 6.43. The summed E-state index contributed by atoms with van der Waals surface area (Å²) >= 11 is 0. The molecule has 6 nitrogen and oxygen atoms in total. The molecule has 1 aliphatic heterocycles. The van der Waals surface area contributed by atoms with Crippen molar-refractivity contribution in [3.05, 3.63) is 47.2 Å². The lowest BCUT2D eigenvalue weighted by molar-refractivity contribution is -0.138. The van der Waals surface area contributed by atoms with Gasteiger partial charge in [-0.3, -0.25) is 4.79 Å². The molecule has 0 spiro atoms. The van der Waals surface area contributed by atoms with Gasteiger partial charge in [0.15, 0.2) is 0 Å². The van der Waals surface area contributed by atoms with Crippen molar-refractivity contribution < 1.29 is 18.7 Å². The van der Waals surface area contributed by atoms with Gasteiger partial charge in [0, 0.05) is 43.4 Å². The number of hydrogen-bond acceptors (Lipinski definition) is 5. The number of hydrogen-bond donors (Lipinski definition) is 2. The van der Waals surface area contributed by atoms with Crippen LogP contribution in [0.5, 0.6) is 0 Å². The summed E-state index contributed by atoms with van der Waals surface area (Å²) in [6.45, 7) is 2.61. The fraction of sp³-hybridized carbons (Fsp3) is 0.545. The number of unbranched alkanes of at least 4 members (excludes halogenated alkanes) is 1. The molecule has 0 aromatic carbocycles. The van der Waals surface area contributed by atoms with Crippen molar-refractivity contribution in [1.82, 2.24) is 15.0 Å². The molecule has 2 N–H and O–H groups in total. The number of halogens is 2. The van der Waals surface area contributed by atoms with Crippen molar-refractivity contribution in [3.8, 4) is 0 Å². The lowest BCUT2D eigenvalue weighted by Crippen LogP contribution is -2.22. The molecule has 1 atom stereocenters. The topological polar surface area (TPSA) is 88.0 Å². The maximum absolute atomic E-state index is 14.6. The van der Waals surface area contributed by atoms with E-state index in [0.717, 1.165) is 30.9 Å². The molecule has 2 aromatic rings. The number of aryl methyl sites for hydroxylation is 3. The molecule has 3 rings (SSSR count). The Morgan fingerprint density at radius 1 is 1.27 bits per heavy atom. The second kappa shape index (κ2) is 9.91. The molecule has 30 heavy (non-hydrogen) atoms. The highest BCUT2D eigenvalue weighted by molar-refractivity contribution is 5.68. The van der Waals surface area contributed by atoms with E-state index in [2.05, 4.69) is 26.3 Å². The number of aliphatic carboxylic acids is 1. The lowest BCUT2D eigenvalue weighted by atomic mass is 9.89. The third-order valence-electron chi connectivity index (χ3n) is 5.42. The molecule has 0 fully saturated rings. The van der Waals surface area contributed by atoms with Crippen molar-refractivity contribution in [1.29, 1.82) is 0 Å². The summed E-state index contributed by atoms with van der Waals surface area (Å²) in [5.41, 5.74) is 2.56. The Labute approximate surface area is 175 Å². The first-order chi connectivity index (χ1) is 14.3. The van der Waals surface area contributed by atoms with Gasteiger partial charge < -0.3 is 10.4 Å². The summed E-state index contributed by atoms with van der Waals surface area (Å²) in [4.78, 5) is 23.8. The van der Waals surface area contributed by atoms with Gasteiger partial charge in [-0.2, -0.15) is 0 Å². The average molecular weight is 418 g/mol. The minimum atomic E-state index is -2.95. The Kier molecular flexibility index (Phi) is 7.29. The van der Waals surface area contributed by atoms with Crippen LogP contribution in [0.2, 0.25) is 0 Å². The number of carboxylic acids is 1. The standard InChI is InChI=1S/C22H28F2N4O2/c1-15-26-13-18(14-27-15)17(11-20(29)30)12-22(23,24)9-3-2-6-19-8-7-16-5-4-10-25-21(16)28-19/h7-8,13-14,17H,2-6,9-12H2,1H3,(H,25,28)(H,29,30)/t17-/m0/s1. The molecule has 1 aliphatic rings. The maximum Gasteiger partial charge on any atom is 0.303 e. The Bertz CT molecular complexity index is 859. The molecule has 0 bridgehead atoms. The average Bonchev–Trinajstić information content (AvgIpc) is 2.71. The zero-order valence-corrected chi connectivity index (χ0v) is 17.2. The SMILES string of the molecule is Cc1ncc([C@@H](CC(=O)O)CC(F)(F)CCCCc2ccc3c(n2)NCCC3)cn1. The zero-order chi connectivity index (χ0) is 21.6. The first-order valence-corrected chi connectivity index (χ1v) is 10.4. The Morgan fingerprint density at radius 3 is 2.77 bits per heavy atom. The molecule has 0 radical (unpaired) electrons. The van der Waals surface area contributed by atoms with Crippen LogP contribution >= 0.6 is 0 Å². The van der Waals surface area contributed by atoms with Gasteiger partial charge in [-0.25, -0.2) is 23.7 Å². The molecule has 162 valence electrons. The molecular formula is C22H28F2N4O2.